The number of carbonyl (C=O) groups excluding carboxylic acids is 3. The van der Waals surface area contributed by atoms with Gasteiger partial charge in [0.1, 0.15) is 0 Å². The highest BCUT2D eigenvalue weighted by Crippen LogP contribution is 2.36. The lowest BCUT2D eigenvalue weighted by molar-refractivity contribution is -0.122. The van der Waals surface area contributed by atoms with E-state index in [2.05, 4.69) is 11.9 Å². The van der Waals surface area contributed by atoms with Crippen LogP contribution >= 0.6 is 22.9 Å². The highest BCUT2D eigenvalue weighted by atomic mass is 35.5. The molecule has 1 aliphatic heterocycles. The van der Waals surface area contributed by atoms with Gasteiger partial charge in [0.2, 0.25) is 5.91 Å². The molecule has 2 aliphatic rings. The fourth-order valence-electron chi connectivity index (χ4n) is 4.24. The van der Waals surface area contributed by atoms with Crippen molar-refractivity contribution in [1.82, 2.24) is 4.90 Å². The van der Waals surface area contributed by atoms with E-state index in [1.807, 2.05) is 24.4 Å². The predicted molar refractivity (Wildman–Crippen MR) is 124 cm³/mol. The number of carbonyl (C=O) groups is 3. The highest BCUT2D eigenvalue weighted by Gasteiger charge is 2.38. The molecule has 1 saturated carbocycles. The van der Waals surface area contributed by atoms with Gasteiger partial charge in [-0.15, -0.1) is 11.3 Å². The molecule has 1 fully saturated rings. The SMILES string of the molecule is C=C1CCC[C@H](N2Cc3c(CCC(=O)Nc4ccc(C)c(Cl)c4)csc3C2=O)C(=O)C1. The van der Waals surface area contributed by atoms with Crippen molar-refractivity contribution < 1.29 is 14.4 Å². The zero-order valence-corrected chi connectivity index (χ0v) is 19.1. The van der Waals surface area contributed by atoms with E-state index in [0.29, 0.717) is 47.8 Å². The first-order chi connectivity index (χ1) is 14.8. The van der Waals surface area contributed by atoms with E-state index in [4.69, 9.17) is 11.6 Å². The molecule has 1 aromatic heterocycles. The van der Waals surface area contributed by atoms with E-state index in [-0.39, 0.29) is 23.6 Å². The number of fused-ring (bicyclic) bond motifs is 1. The zero-order chi connectivity index (χ0) is 22.1. The Morgan fingerprint density at radius 3 is 2.94 bits per heavy atom. The quantitative estimate of drug-likeness (QED) is 0.490. The van der Waals surface area contributed by atoms with Crippen LogP contribution in [0.2, 0.25) is 5.02 Å². The van der Waals surface area contributed by atoms with Crippen molar-refractivity contribution in [2.45, 2.75) is 58.0 Å². The Bertz CT molecular complexity index is 1070. The first kappa shape index (κ1) is 21.8. The number of hydrogen-bond acceptors (Lipinski definition) is 4. The number of rotatable bonds is 5. The highest BCUT2D eigenvalue weighted by molar-refractivity contribution is 7.12. The molecule has 1 atom stereocenters. The molecule has 2 heterocycles. The number of benzene rings is 1. The standard InChI is InChI=1S/C24H25ClN2O3S/c1-14-4-3-5-20(21(28)10-14)27-12-18-16(13-31-23(18)24(27)30)7-9-22(29)26-17-8-6-15(2)19(25)11-17/h6,8,11,13,20H,1,3-5,7,9-10,12H2,2H3,(H,26,29)/t20-/m0/s1. The lowest BCUT2D eigenvalue weighted by atomic mass is 10.0. The van der Waals surface area contributed by atoms with Gasteiger partial charge in [0, 0.05) is 30.1 Å². The Morgan fingerprint density at radius 2 is 2.16 bits per heavy atom. The molecule has 2 amide bonds. The number of nitrogens with one attached hydrogen (secondary N) is 1. The topological polar surface area (TPSA) is 66.5 Å². The van der Waals surface area contributed by atoms with Crippen LogP contribution in [0.25, 0.3) is 0 Å². The minimum absolute atomic E-state index is 0.0594. The monoisotopic (exact) mass is 456 g/mol. The molecule has 0 spiro atoms. The summed E-state index contributed by atoms with van der Waals surface area (Å²) in [6, 6.07) is 5.07. The molecule has 2 aromatic rings. The lowest BCUT2D eigenvalue weighted by Gasteiger charge is -2.25. The summed E-state index contributed by atoms with van der Waals surface area (Å²) >= 11 is 7.54. The summed E-state index contributed by atoms with van der Waals surface area (Å²) in [6.45, 7) is 6.32. The molecular formula is C24H25ClN2O3S. The van der Waals surface area contributed by atoms with Crippen LogP contribution in [0.5, 0.6) is 0 Å². The van der Waals surface area contributed by atoms with Crippen LogP contribution in [0.4, 0.5) is 5.69 Å². The van der Waals surface area contributed by atoms with Gasteiger partial charge < -0.3 is 10.2 Å². The van der Waals surface area contributed by atoms with Crippen LogP contribution in [0.15, 0.2) is 35.7 Å². The summed E-state index contributed by atoms with van der Waals surface area (Å²) in [6.07, 6.45) is 3.63. The van der Waals surface area contributed by atoms with Crippen LogP contribution in [0.3, 0.4) is 0 Å². The summed E-state index contributed by atoms with van der Waals surface area (Å²) in [4.78, 5) is 40.4. The molecule has 5 nitrogen and oxygen atoms in total. The van der Waals surface area contributed by atoms with E-state index in [0.717, 1.165) is 35.1 Å². The minimum atomic E-state index is -0.367. The number of halogens is 1. The minimum Gasteiger partial charge on any atom is -0.326 e. The Morgan fingerprint density at radius 1 is 1.35 bits per heavy atom. The smallest absolute Gasteiger partial charge is 0.265 e. The second-order valence-electron chi connectivity index (χ2n) is 8.31. The normalized spacial score (nSPS) is 18.8. The summed E-state index contributed by atoms with van der Waals surface area (Å²) in [5.41, 5.74) is 4.57. The third-order valence-corrected chi connectivity index (χ3v) is 7.49. The van der Waals surface area contributed by atoms with E-state index >= 15 is 0 Å². The van der Waals surface area contributed by atoms with Gasteiger partial charge in [0.05, 0.1) is 10.9 Å². The fourth-order valence-corrected chi connectivity index (χ4v) is 5.49. The molecule has 0 unspecified atom stereocenters. The van der Waals surface area contributed by atoms with Gasteiger partial charge in [-0.2, -0.15) is 0 Å². The molecule has 0 saturated heterocycles. The molecule has 0 bridgehead atoms. The van der Waals surface area contributed by atoms with Gasteiger partial charge in [-0.1, -0.05) is 29.8 Å². The largest absolute Gasteiger partial charge is 0.326 e. The Hall–Kier alpha value is -2.44. The number of ketones is 1. The van der Waals surface area contributed by atoms with Crippen molar-refractivity contribution in [3.05, 3.63) is 62.3 Å². The van der Waals surface area contributed by atoms with Crippen LogP contribution in [0.1, 0.15) is 58.5 Å². The average molecular weight is 457 g/mol. The second-order valence-corrected chi connectivity index (χ2v) is 9.60. The molecule has 1 aliphatic carbocycles. The summed E-state index contributed by atoms with van der Waals surface area (Å²) < 4.78 is 0. The third kappa shape index (κ3) is 4.60. The third-order valence-electron chi connectivity index (χ3n) is 6.02. The maximum absolute atomic E-state index is 13.0. The van der Waals surface area contributed by atoms with Crippen molar-refractivity contribution in [3.8, 4) is 0 Å². The number of amides is 2. The first-order valence-electron chi connectivity index (χ1n) is 10.5. The van der Waals surface area contributed by atoms with Crippen molar-refractivity contribution in [3.63, 3.8) is 0 Å². The van der Waals surface area contributed by atoms with Crippen molar-refractivity contribution in [2.24, 2.45) is 0 Å². The molecule has 1 N–H and O–H groups in total. The number of nitrogens with zero attached hydrogens (tertiary/aromatic N) is 1. The molecule has 162 valence electrons. The molecule has 7 heteroatoms. The molecule has 4 rings (SSSR count). The fraction of sp³-hybridized carbons (Fsp3) is 0.375. The summed E-state index contributed by atoms with van der Waals surface area (Å²) in [7, 11) is 0. The predicted octanol–water partition coefficient (Wildman–Crippen LogP) is 5.30. The number of Topliss-reactive ketones (excluding diaryl/α,β-unsaturated/α-hetero) is 1. The Labute approximate surface area is 191 Å². The van der Waals surface area contributed by atoms with Gasteiger partial charge in [-0.25, -0.2) is 0 Å². The van der Waals surface area contributed by atoms with Gasteiger partial charge in [-0.3, -0.25) is 14.4 Å². The molecule has 0 radical (unpaired) electrons. The van der Waals surface area contributed by atoms with Crippen molar-refractivity contribution in [1.29, 1.82) is 0 Å². The van der Waals surface area contributed by atoms with Crippen LogP contribution in [-0.4, -0.2) is 28.5 Å². The van der Waals surface area contributed by atoms with Gasteiger partial charge in [-0.05, 0) is 66.8 Å². The number of allylic oxidation sites excluding steroid dienone is 1. The number of thiophene rings is 1. The van der Waals surface area contributed by atoms with E-state index < -0.39 is 0 Å². The maximum Gasteiger partial charge on any atom is 0.265 e. The number of hydrogen-bond donors (Lipinski definition) is 1. The van der Waals surface area contributed by atoms with Gasteiger partial charge in [0.15, 0.2) is 5.78 Å². The Balaban J connectivity index is 1.40. The lowest BCUT2D eigenvalue weighted by Crippen LogP contribution is -2.40. The zero-order valence-electron chi connectivity index (χ0n) is 17.5. The van der Waals surface area contributed by atoms with E-state index in [9.17, 15) is 14.4 Å². The molecule has 31 heavy (non-hydrogen) atoms. The van der Waals surface area contributed by atoms with Crippen molar-refractivity contribution >= 4 is 46.2 Å². The van der Waals surface area contributed by atoms with Crippen molar-refractivity contribution in [2.75, 3.05) is 5.32 Å². The molecular weight excluding hydrogens is 432 g/mol. The summed E-state index contributed by atoms with van der Waals surface area (Å²) in [5.74, 6) is -0.0712. The number of anilines is 1. The molecule has 1 aromatic carbocycles. The van der Waals surface area contributed by atoms with Gasteiger partial charge in [0.25, 0.3) is 5.91 Å². The van der Waals surface area contributed by atoms with Crippen LogP contribution in [0, 0.1) is 6.92 Å². The van der Waals surface area contributed by atoms with Crippen LogP contribution < -0.4 is 5.32 Å². The van der Waals surface area contributed by atoms with E-state index in [1.54, 1.807) is 11.0 Å². The van der Waals surface area contributed by atoms with Crippen LogP contribution in [-0.2, 0) is 22.6 Å². The average Bonchev–Trinajstić information content (AvgIpc) is 3.21. The number of aryl methyl sites for hydroxylation is 2. The van der Waals surface area contributed by atoms with E-state index in [1.165, 1.54) is 11.3 Å². The maximum atomic E-state index is 13.0. The first-order valence-corrected chi connectivity index (χ1v) is 11.7. The summed E-state index contributed by atoms with van der Waals surface area (Å²) in [5, 5.41) is 5.46. The Kier molecular flexibility index (Phi) is 6.30. The second kappa shape index (κ2) is 8.97. The van der Waals surface area contributed by atoms with Gasteiger partial charge >= 0.3 is 0 Å².